The van der Waals surface area contributed by atoms with Crippen molar-refractivity contribution in [2.45, 2.75) is 27.7 Å². The van der Waals surface area contributed by atoms with Crippen LogP contribution in [0.4, 0.5) is 0 Å². The molecule has 1 heterocycles. The Morgan fingerprint density at radius 3 is 2.15 bits per heavy atom. The number of nitrogens with zero attached hydrogens (tertiary/aromatic N) is 2. The normalized spacial score (nSPS) is 14.4. The Balaban J connectivity index is 2.89. The molecule has 0 aliphatic rings. The zero-order valence-corrected chi connectivity index (χ0v) is 16.0. The quantitative estimate of drug-likeness (QED) is 0.727. The Bertz CT molecular complexity index is 959. The minimum atomic E-state index is 0.874. The van der Waals surface area contributed by atoms with Crippen molar-refractivity contribution in [2.24, 2.45) is 0 Å². The number of hydrogen-bond donors (Lipinski definition) is 0. The predicted molar refractivity (Wildman–Crippen MR) is 114 cm³/mol. The van der Waals surface area contributed by atoms with Crippen LogP contribution in [-0.2, 0) is 0 Å². The first-order valence-electron chi connectivity index (χ1n) is 8.94. The van der Waals surface area contributed by atoms with Crippen molar-refractivity contribution in [3.8, 4) is 11.3 Å². The van der Waals surface area contributed by atoms with Crippen LogP contribution in [0.5, 0.6) is 0 Å². The fraction of sp³-hybridized carbons (Fsp3) is 0.167. The highest BCUT2D eigenvalue weighted by atomic mass is 14.8. The molecular weight excluding hydrogens is 316 g/mol. The molecule has 2 heteroatoms. The molecule has 26 heavy (non-hydrogen) atoms. The monoisotopic (exact) mass is 342 g/mol. The van der Waals surface area contributed by atoms with Gasteiger partial charge in [-0.25, -0.2) is 9.97 Å². The van der Waals surface area contributed by atoms with Gasteiger partial charge >= 0.3 is 0 Å². The highest BCUT2D eigenvalue weighted by Gasteiger charge is 2.12. The molecule has 0 amide bonds. The maximum absolute atomic E-state index is 4.96. The molecule has 0 aliphatic heterocycles. The summed E-state index contributed by atoms with van der Waals surface area (Å²) < 4.78 is 0. The molecular formula is C24H26N2. The van der Waals surface area contributed by atoms with Gasteiger partial charge in [0.2, 0.25) is 0 Å². The van der Waals surface area contributed by atoms with Crippen LogP contribution in [0.3, 0.4) is 0 Å². The standard InChI is InChI=1S/C24H26N2/c1-5-9-15-19(14-7-3)23-24(20-16-12-11-13-17-20)26-22(18-10-6-2)21(8-4)25-23/h5-18H,1-4H3/b9-5-,10-6-,14-7-,19-15+,21-8+,22-18+. The molecule has 1 aromatic heterocycles. The van der Waals surface area contributed by atoms with E-state index in [-0.39, 0.29) is 0 Å². The largest absolute Gasteiger partial charge is 0.244 e. The molecule has 0 saturated carbocycles. The Kier molecular flexibility index (Phi) is 7.50. The van der Waals surface area contributed by atoms with Crippen LogP contribution in [0.25, 0.3) is 29.0 Å². The van der Waals surface area contributed by atoms with Gasteiger partial charge < -0.3 is 0 Å². The first kappa shape index (κ1) is 19.3. The lowest BCUT2D eigenvalue weighted by molar-refractivity contribution is 1.08. The molecule has 0 radical (unpaired) electrons. The molecule has 2 aromatic rings. The summed E-state index contributed by atoms with van der Waals surface area (Å²) in [5, 5.41) is 1.76. The van der Waals surface area contributed by atoms with Gasteiger partial charge in [0.25, 0.3) is 0 Å². The van der Waals surface area contributed by atoms with E-state index < -0.39 is 0 Å². The molecule has 0 saturated heterocycles. The molecule has 0 fully saturated rings. The van der Waals surface area contributed by atoms with Gasteiger partial charge in [0.15, 0.2) is 0 Å². The summed E-state index contributed by atoms with van der Waals surface area (Å²) in [7, 11) is 0. The second-order valence-electron chi connectivity index (χ2n) is 5.69. The van der Waals surface area contributed by atoms with E-state index in [9.17, 15) is 0 Å². The SMILES string of the molecule is C\C=C/C=C(\C=C/C)c1nc(=C/C)/c(=C\C=C/C)nc1-c1ccccc1. The second-order valence-corrected chi connectivity index (χ2v) is 5.69. The zero-order valence-electron chi connectivity index (χ0n) is 16.0. The Morgan fingerprint density at radius 1 is 0.808 bits per heavy atom. The number of benzene rings is 1. The van der Waals surface area contributed by atoms with E-state index in [1.54, 1.807) is 0 Å². The zero-order chi connectivity index (χ0) is 18.8. The van der Waals surface area contributed by atoms with Crippen molar-refractivity contribution in [1.29, 1.82) is 0 Å². The van der Waals surface area contributed by atoms with Gasteiger partial charge in [-0.1, -0.05) is 78.9 Å². The number of hydrogen-bond acceptors (Lipinski definition) is 2. The minimum absolute atomic E-state index is 0.874. The fourth-order valence-electron chi connectivity index (χ4n) is 2.58. The average Bonchev–Trinajstić information content (AvgIpc) is 2.69. The van der Waals surface area contributed by atoms with E-state index >= 15 is 0 Å². The fourth-order valence-corrected chi connectivity index (χ4v) is 2.58. The predicted octanol–water partition coefficient (Wildman–Crippen LogP) is 4.84. The van der Waals surface area contributed by atoms with Crippen molar-refractivity contribution in [3.05, 3.63) is 89.3 Å². The Hall–Kier alpha value is -3.00. The summed E-state index contributed by atoms with van der Waals surface area (Å²) in [6, 6.07) is 10.2. The lowest BCUT2D eigenvalue weighted by Gasteiger charge is -2.10. The van der Waals surface area contributed by atoms with Crippen LogP contribution in [0.15, 0.2) is 72.9 Å². The molecule has 1 aromatic carbocycles. The van der Waals surface area contributed by atoms with Gasteiger partial charge in [-0.15, -0.1) is 0 Å². The third kappa shape index (κ3) is 4.76. The van der Waals surface area contributed by atoms with Crippen molar-refractivity contribution < 1.29 is 0 Å². The second kappa shape index (κ2) is 10.1. The summed E-state index contributed by atoms with van der Waals surface area (Å²) in [6.07, 6.45) is 18.2. The first-order chi connectivity index (χ1) is 12.7. The topological polar surface area (TPSA) is 25.8 Å². The smallest absolute Gasteiger partial charge is 0.0973 e. The summed E-state index contributed by atoms with van der Waals surface area (Å²) in [6.45, 7) is 8.01. The van der Waals surface area contributed by atoms with Gasteiger partial charge in [-0.2, -0.15) is 0 Å². The maximum atomic E-state index is 4.96. The molecule has 0 unspecified atom stereocenters. The van der Waals surface area contributed by atoms with E-state index in [4.69, 9.17) is 9.97 Å². The Labute approximate surface area is 156 Å². The van der Waals surface area contributed by atoms with E-state index in [2.05, 4.69) is 24.3 Å². The van der Waals surface area contributed by atoms with Crippen molar-refractivity contribution in [3.63, 3.8) is 0 Å². The number of rotatable bonds is 5. The van der Waals surface area contributed by atoms with Crippen LogP contribution in [0, 0.1) is 0 Å². The first-order valence-corrected chi connectivity index (χ1v) is 8.94. The van der Waals surface area contributed by atoms with E-state index in [1.165, 1.54) is 0 Å². The van der Waals surface area contributed by atoms with Crippen molar-refractivity contribution in [1.82, 2.24) is 9.97 Å². The summed E-state index contributed by atoms with van der Waals surface area (Å²) in [4.78, 5) is 9.92. The third-order valence-electron chi connectivity index (χ3n) is 3.81. The van der Waals surface area contributed by atoms with Gasteiger partial charge in [-0.3, -0.25) is 0 Å². The van der Waals surface area contributed by atoms with E-state index in [1.807, 2.05) is 88.4 Å². The number of aromatic nitrogens is 2. The van der Waals surface area contributed by atoms with Crippen LogP contribution in [-0.4, -0.2) is 9.97 Å². The Morgan fingerprint density at radius 2 is 1.54 bits per heavy atom. The molecule has 0 N–H and O–H groups in total. The molecule has 2 rings (SSSR count). The average molecular weight is 342 g/mol. The van der Waals surface area contributed by atoms with Gasteiger partial charge in [0, 0.05) is 11.1 Å². The third-order valence-corrected chi connectivity index (χ3v) is 3.81. The maximum Gasteiger partial charge on any atom is 0.0973 e. The van der Waals surface area contributed by atoms with Gasteiger partial charge in [0.05, 0.1) is 22.1 Å². The number of allylic oxidation sites excluding steroid dienone is 8. The highest BCUT2D eigenvalue weighted by molar-refractivity contribution is 5.82. The molecule has 0 atom stereocenters. The minimum Gasteiger partial charge on any atom is -0.244 e. The van der Waals surface area contributed by atoms with E-state index in [0.717, 1.165) is 33.2 Å². The lowest BCUT2D eigenvalue weighted by atomic mass is 10.0. The van der Waals surface area contributed by atoms with Crippen molar-refractivity contribution >= 4 is 17.7 Å². The molecule has 0 bridgehead atoms. The summed E-state index contributed by atoms with van der Waals surface area (Å²) in [5.41, 5.74) is 3.88. The van der Waals surface area contributed by atoms with Crippen LogP contribution in [0.2, 0.25) is 0 Å². The molecule has 132 valence electrons. The van der Waals surface area contributed by atoms with Crippen LogP contribution >= 0.6 is 0 Å². The molecule has 2 nitrogen and oxygen atoms in total. The van der Waals surface area contributed by atoms with E-state index in [0.29, 0.717) is 0 Å². The molecule has 0 spiro atoms. The lowest BCUT2D eigenvalue weighted by Crippen LogP contribution is -2.33. The van der Waals surface area contributed by atoms with Gasteiger partial charge in [-0.05, 0) is 33.8 Å². The van der Waals surface area contributed by atoms with Crippen molar-refractivity contribution in [2.75, 3.05) is 0 Å². The molecule has 0 aliphatic carbocycles. The summed E-state index contributed by atoms with van der Waals surface area (Å²) in [5.74, 6) is 0. The highest BCUT2D eigenvalue weighted by Crippen LogP contribution is 2.24. The van der Waals surface area contributed by atoms with Crippen LogP contribution < -0.4 is 10.7 Å². The summed E-state index contributed by atoms with van der Waals surface area (Å²) >= 11 is 0. The van der Waals surface area contributed by atoms with Gasteiger partial charge in [0.1, 0.15) is 0 Å². The van der Waals surface area contributed by atoms with Crippen LogP contribution in [0.1, 0.15) is 33.4 Å².